The number of ether oxygens (including phenoxy) is 1. The Morgan fingerprint density at radius 3 is 3.06 bits per heavy atom. The van der Waals surface area contributed by atoms with E-state index in [0.717, 1.165) is 22.8 Å². The Kier molecular flexibility index (Phi) is 3.54. The maximum absolute atomic E-state index is 12.0. The molecule has 1 heterocycles. The molecule has 16 heavy (non-hydrogen) atoms. The number of benzene rings is 1. The number of thioether (sulfide) groups is 1. The molecule has 1 aliphatic rings. The Labute approximate surface area is 100 Å². The molecule has 0 N–H and O–H groups in total. The third kappa shape index (κ3) is 2.24. The molecule has 86 valence electrons. The molecule has 2 rings (SSSR count). The van der Waals surface area contributed by atoms with E-state index < -0.39 is 0 Å². The SMILES string of the molecule is CCC(C)C(=O)C1CSc2ccccc2O1. The fourth-order valence-electron chi connectivity index (χ4n) is 1.68. The van der Waals surface area contributed by atoms with Crippen molar-refractivity contribution in [1.29, 1.82) is 0 Å². The number of rotatable bonds is 3. The van der Waals surface area contributed by atoms with Gasteiger partial charge in [0.25, 0.3) is 0 Å². The highest BCUT2D eigenvalue weighted by atomic mass is 32.2. The van der Waals surface area contributed by atoms with Gasteiger partial charge >= 0.3 is 0 Å². The molecular weight excluding hydrogens is 220 g/mol. The van der Waals surface area contributed by atoms with Gasteiger partial charge in [-0.2, -0.15) is 0 Å². The second kappa shape index (κ2) is 4.91. The molecule has 1 aromatic rings. The van der Waals surface area contributed by atoms with Crippen molar-refractivity contribution < 1.29 is 9.53 Å². The minimum atomic E-state index is -0.269. The Hall–Kier alpha value is -0.960. The van der Waals surface area contributed by atoms with Crippen LogP contribution in [-0.2, 0) is 4.79 Å². The lowest BCUT2D eigenvalue weighted by atomic mass is 10.00. The second-order valence-corrected chi connectivity index (χ2v) is 5.14. The molecule has 0 spiro atoms. The molecule has 0 radical (unpaired) electrons. The number of hydrogen-bond acceptors (Lipinski definition) is 3. The highest BCUT2D eigenvalue weighted by Crippen LogP contribution is 2.35. The molecule has 1 aliphatic heterocycles. The van der Waals surface area contributed by atoms with Gasteiger partial charge in [0.2, 0.25) is 0 Å². The predicted molar refractivity (Wildman–Crippen MR) is 66.0 cm³/mol. The first-order chi connectivity index (χ1) is 7.72. The van der Waals surface area contributed by atoms with Gasteiger partial charge in [0.1, 0.15) is 5.75 Å². The summed E-state index contributed by atoms with van der Waals surface area (Å²) in [5, 5.41) is 0. The average molecular weight is 236 g/mol. The van der Waals surface area contributed by atoms with Gasteiger partial charge in [-0.05, 0) is 18.6 Å². The van der Waals surface area contributed by atoms with Crippen LogP contribution in [0.25, 0.3) is 0 Å². The smallest absolute Gasteiger partial charge is 0.176 e. The minimum absolute atomic E-state index is 0.0934. The van der Waals surface area contributed by atoms with Crippen LogP contribution in [0.5, 0.6) is 5.75 Å². The number of carbonyl (C=O) groups is 1. The summed E-state index contributed by atoms with van der Waals surface area (Å²) in [5.74, 6) is 1.90. The first-order valence-electron chi connectivity index (χ1n) is 5.64. The first kappa shape index (κ1) is 11.5. The van der Waals surface area contributed by atoms with Crippen molar-refractivity contribution >= 4 is 17.5 Å². The molecule has 0 aliphatic carbocycles. The predicted octanol–water partition coefficient (Wildman–Crippen LogP) is 3.15. The van der Waals surface area contributed by atoms with Crippen molar-refractivity contribution in [3.63, 3.8) is 0 Å². The van der Waals surface area contributed by atoms with E-state index in [1.165, 1.54) is 0 Å². The van der Waals surface area contributed by atoms with Crippen molar-refractivity contribution in [2.24, 2.45) is 5.92 Å². The Bertz CT molecular complexity index is 389. The molecule has 2 nitrogen and oxygen atoms in total. The van der Waals surface area contributed by atoms with Crippen LogP contribution in [0, 0.1) is 5.92 Å². The molecule has 3 heteroatoms. The van der Waals surface area contributed by atoms with Gasteiger partial charge in [-0.3, -0.25) is 4.79 Å². The summed E-state index contributed by atoms with van der Waals surface area (Å²) < 4.78 is 5.75. The molecule has 0 bridgehead atoms. The summed E-state index contributed by atoms with van der Waals surface area (Å²) in [5.41, 5.74) is 0. The molecule has 0 aromatic heterocycles. The van der Waals surface area contributed by atoms with Gasteiger partial charge in [0.05, 0.1) is 0 Å². The van der Waals surface area contributed by atoms with E-state index in [-0.39, 0.29) is 17.8 Å². The van der Waals surface area contributed by atoms with Gasteiger partial charge in [-0.25, -0.2) is 0 Å². The Balaban J connectivity index is 2.11. The van der Waals surface area contributed by atoms with Crippen LogP contribution in [0.3, 0.4) is 0 Å². The van der Waals surface area contributed by atoms with E-state index in [0.29, 0.717) is 0 Å². The van der Waals surface area contributed by atoms with Crippen LogP contribution < -0.4 is 4.74 Å². The van der Waals surface area contributed by atoms with E-state index in [9.17, 15) is 4.79 Å². The highest BCUT2D eigenvalue weighted by molar-refractivity contribution is 7.99. The summed E-state index contributed by atoms with van der Waals surface area (Å²) >= 11 is 1.71. The zero-order chi connectivity index (χ0) is 11.5. The van der Waals surface area contributed by atoms with E-state index >= 15 is 0 Å². The summed E-state index contributed by atoms with van der Waals surface area (Å²) in [6.07, 6.45) is 0.611. The van der Waals surface area contributed by atoms with Crippen LogP contribution in [0.4, 0.5) is 0 Å². The number of para-hydroxylation sites is 1. The van der Waals surface area contributed by atoms with Gasteiger partial charge in [0.15, 0.2) is 11.9 Å². The van der Waals surface area contributed by atoms with Gasteiger partial charge < -0.3 is 4.74 Å². The van der Waals surface area contributed by atoms with Gasteiger partial charge in [-0.15, -0.1) is 11.8 Å². The maximum Gasteiger partial charge on any atom is 0.176 e. The normalized spacial score (nSPS) is 20.8. The lowest BCUT2D eigenvalue weighted by molar-refractivity contribution is -0.128. The number of hydrogen-bond donors (Lipinski definition) is 0. The average Bonchev–Trinajstić information content (AvgIpc) is 2.36. The Morgan fingerprint density at radius 2 is 2.31 bits per heavy atom. The van der Waals surface area contributed by atoms with Crippen molar-refractivity contribution in [1.82, 2.24) is 0 Å². The van der Waals surface area contributed by atoms with Crippen molar-refractivity contribution in [3.05, 3.63) is 24.3 Å². The summed E-state index contributed by atoms with van der Waals surface area (Å²) in [7, 11) is 0. The van der Waals surface area contributed by atoms with E-state index in [4.69, 9.17) is 4.74 Å². The molecule has 0 amide bonds. The lowest BCUT2D eigenvalue weighted by Crippen LogP contribution is -2.35. The van der Waals surface area contributed by atoms with E-state index in [2.05, 4.69) is 0 Å². The molecule has 0 saturated heterocycles. The van der Waals surface area contributed by atoms with Gasteiger partial charge in [-0.1, -0.05) is 26.0 Å². The van der Waals surface area contributed by atoms with E-state index in [1.807, 2.05) is 38.1 Å². The summed E-state index contributed by atoms with van der Waals surface area (Å²) in [6, 6.07) is 7.89. The first-order valence-corrected chi connectivity index (χ1v) is 6.63. The number of carbonyl (C=O) groups excluding carboxylic acids is 1. The number of ketones is 1. The summed E-state index contributed by atoms with van der Waals surface area (Å²) in [4.78, 5) is 13.1. The summed E-state index contributed by atoms with van der Waals surface area (Å²) in [6.45, 7) is 4.00. The third-order valence-electron chi connectivity index (χ3n) is 2.92. The maximum atomic E-state index is 12.0. The fourth-order valence-corrected chi connectivity index (χ4v) is 2.67. The number of Topliss-reactive ketones (excluding diaryl/α,β-unsaturated/α-hetero) is 1. The standard InChI is InChI=1S/C13H16O2S/c1-3-9(2)13(14)11-8-16-12-7-5-4-6-10(12)15-11/h4-7,9,11H,3,8H2,1-2H3. The molecule has 2 unspecified atom stereocenters. The zero-order valence-electron chi connectivity index (χ0n) is 9.60. The van der Waals surface area contributed by atoms with E-state index in [1.54, 1.807) is 11.8 Å². The van der Waals surface area contributed by atoms with Crippen LogP contribution in [0.2, 0.25) is 0 Å². The largest absolute Gasteiger partial charge is 0.481 e. The van der Waals surface area contributed by atoms with Crippen molar-refractivity contribution in [2.75, 3.05) is 5.75 Å². The lowest BCUT2D eigenvalue weighted by Gasteiger charge is -2.26. The fraction of sp³-hybridized carbons (Fsp3) is 0.462. The second-order valence-electron chi connectivity index (χ2n) is 4.08. The molecular formula is C13H16O2S. The van der Waals surface area contributed by atoms with Crippen LogP contribution in [-0.4, -0.2) is 17.6 Å². The van der Waals surface area contributed by atoms with Crippen molar-refractivity contribution in [3.8, 4) is 5.75 Å². The topological polar surface area (TPSA) is 26.3 Å². The van der Waals surface area contributed by atoms with Crippen LogP contribution in [0.15, 0.2) is 29.2 Å². The third-order valence-corrected chi connectivity index (χ3v) is 4.04. The van der Waals surface area contributed by atoms with Crippen LogP contribution in [0.1, 0.15) is 20.3 Å². The molecule has 0 saturated carbocycles. The Morgan fingerprint density at radius 1 is 1.56 bits per heavy atom. The molecule has 0 fully saturated rings. The monoisotopic (exact) mass is 236 g/mol. The molecule has 2 atom stereocenters. The molecule has 1 aromatic carbocycles. The van der Waals surface area contributed by atoms with Gasteiger partial charge in [0, 0.05) is 16.6 Å². The zero-order valence-corrected chi connectivity index (χ0v) is 10.4. The number of fused-ring (bicyclic) bond motifs is 1. The van der Waals surface area contributed by atoms with Crippen molar-refractivity contribution in [2.45, 2.75) is 31.3 Å². The van der Waals surface area contributed by atoms with Crippen LogP contribution >= 0.6 is 11.8 Å². The quantitative estimate of drug-likeness (QED) is 0.806. The highest BCUT2D eigenvalue weighted by Gasteiger charge is 2.28. The minimum Gasteiger partial charge on any atom is -0.481 e.